The van der Waals surface area contributed by atoms with Crippen LogP contribution in [0.5, 0.6) is 11.5 Å². The summed E-state index contributed by atoms with van der Waals surface area (Å²) < 4.78 is 11.0. The second kappa shape index (κ2) is 8.78. The number of hydrogen-bond acceptors (Lipinski definition) is 6. The van der Waals surface area contributed by atoms with Crippen LogP contribution in [-0.2, 0) is 4.79 Å². The van der Waals surface area contributed by atoms with Gasteiger partial charge in [-0.3, -0.25) is 14.9 Å². The second-order valence-corrected chi connectivity index (χ2v) is 5.56. The third kappa shape index (κ3) is 5.28. The number of carbonyl (C=O) groups is 1. The number of nitro groups is 1. The fourth-order valence-electron chi connectivity index (χ4n) is 1.85. The number of rotatable bonds is 7. The molecule has 9 heteroatoms. The van der Waals surface area contributed by atoms with Crippen LogP contribution in [0.15, 0.2) is 52.0 Å². The van der Waals surface area contributed by atoms with Gasteiger partial charge in [0, 0.05) is 6.07 Å². The molecule has 0 aromatic heterocycles. The zero-order chi connectivity index (χ0) is 18.2. The van der Waals surface area contributed by atoms with Gasteiger partial charge in [-0.1, -0.05) is 12.1 Å². The molecule has 25 heavy (non-hydrogen) atoms. The van der Waals surface area contributed by atoms with Crippen molar-refractivity contribution in [1.29, 1.82) is 0 Å². The Balaban J connectivity index is 1.89. The van der Waals surface area contributed by atoms with Crippen molar-refractivity contribution in [3.8, 4) is 11.5 Å². The van der Waals surface area contributed by atoms with Gasteiger partial charge in [0.15, 0.2) is 12.4 Å². The average Bonchev–Trinajstić information content (AvgIpc) is 2.60. The lowest BCUT2D eigenvalue weighted by molar-refractivity contribution is -0.385. The number of ether oxygens (including phenoxy) is 2. The molecule has 1 amide bonds. The lowest BCUT2D eigenvalue weighted by Gasteiger charge is -2.05. The maximum atomic E-state index is 11.7. The SMILES string of the molecule is COc1ccc(/C=N/NC(=O)COc2ccccc2[N+](=O)[O-])cc1Br. The van der Waals surface area contributed by atoms with Crippen molar-refractivity contribution in [1.82, 2.24) is 5.43 Å². The standard InChI is InChI=1S/C16H14BrN3O5/c1-24-14-7-6-11(8-12(14)17)9-18-19-16(21)10-25-15-5-3-2-4-13(15)20(22)23/h2-9H,10H2,1H3,(H,19,21)/b18-9+. The summed E-state index contributed by atoms with van der Waals surface area (Å²) in [7, 11) is 1.56. The minimum absolute atomic E-state index is 0.0192. The number of amides is 1. The zero-order valence-corrected chi connectivity index (χ0v) is 14.7. The molecule has 2 aromatic rings. The van der Waals surface area contributed by atoms with E-state index in [1.54, 1.807) is 31.4 Å². The fraction of sp³-hybridized carbons (Fsp3) is 0.125. The first-order chi connectivity index (χ1) is 12.0. The first-order valence-corrected chi connectivity index (χ1v) is 7.82. The van der Waals surface area contributed by atoms with E-state index in [1.807, 2.05) is 0 Å². The predicted molar refractivity (Wildman–Crippen MR) is 95.0 cm³/mol. The number of nitrogens with zero attached hydrogens (tertiary/aromatic N) is 2. The summed E-state index contributed by atoms with van der Waals surface area (Å²) in [4.78, 5) is 22.0. The van der Waals surface area contributed by atoms with E-state index in [0.717, 1.165) is 10.0 Å². The molecule has 0 heterocycles. The number of benzene rings is 2. The van der Waals surface area contributed by atoms with Crippen molar-refractivity contribution in [3.05, 3.63) is 62.6 Å². The van der Waals surface area contributed by atoms with E-state index >= 15 is 0 Å². The van der Waals surface area contributed by atoms with Crippen molar-refractivity contribution >= 4 is 33.7 Å². The molecule has 0 saturated heterocycles. The van der Waals surface area contributed by atoms with Gasteiger partial charge >= 0.3 is 5.69 Å². The molecule has 2 aromatic carbocycles. The lowest BCUT2D eigenvalue weighted by atomic mass is 10.2. The third-order valence-corrected chi connectivity index (χ3v) is 3.62. The Morgan fingerprint density at radius 2 is 2.08 bits per heavy atom. The van der Waals surface area contributed by atoms with Gasteiger partial charge in [0.2, 0.25) is 0 Å². The molecule has 0 spiro atoms. The Morgan fingerprint density at radius 3 is 2.76 bits per heavy atom. The summed E-state index contributed by atoms with van der Waals surface area (Å²) in [6.07, 6.45) is 1.45. The summed E-state index contributed by atoms with van der Waals surface area (Å²) >= 11 is 3.35. The molecule has 0 fully saturated rings. The molecule has 0 aliphatic heterocycles. The average molecular weight is 408 g/mol. The van der Waals surface area contributed by atoms with Gasteiger partial charge in [-0.25, -0.2) is 5.43 Å². The Kier molecular flexibility index (Phi) is 6.47. The number of para-hydroxylation sites is 2. The van der Waals surface area contributed by atoms with Crippen LogP contribution in [0, 0.1) is 10.1 Å². The number of nitro benzene ring substituents is 1. The van der Waals surface area contributed by atoms with E-state index in [4.69, 9.17) is 9.47 Å². The molecule has 2 rings (SSSR count). The summed E-state index contributed by atoms with van der Waals surface area (Å²) in [6.45, 7) is -0.394. The van der Waals surface area contributed by atoms with Crippen LogP contribution in [-0.4, -0.2) is 30.8 Å². The van der Waals surface area contributed by atoms with Crippen LogP contribution >= 0.6 is 15.9 Å². The highest BCUT2D eigenvalue weighted by Gasteiger charge is 2.14. The largest absolute Gasteiger partial charge is 0.496 e. The highest BCUT2D eigenvalue weighted by Crippen LogP contribution is 2.26. The molecule has 0 radical (unpaired) electrons. The highest BCUT2D eigenvalue weighted by molar-refractivity contribution is 9.10. The van der Waals surface area contributed by atoms with Gasteiger partial charge in [0.1, 0.15) is 5.75 Å². The number of hydrazone groups is 1. The van der Waals surface area contributed by atoms with Crippen LogP contribution in [0.2, 0.25) is 0 Å². The molecule has 0 bridgehead atoms. The summed E-state index contributed by atoms with van der Waals surface area (Å²) in [6, 6.07) is 11.1. The van der Waals surface area contributed by atoms with Gasteiger partial charge in [-0.2, -0.15) is 5.10 Å². The van der Waals surface area contributed by atoms with Gasteiger partial charge in [0.25, 0.3) is 5.91 Å². The van der Waals surface area contributed by atoms with Crippen LogP contribution in [0.1, 0.15) is 5.56 Å². The van der Waals surface area contributed by atoms with Crippen molar-refractivity contribution in [2.75, 3.05) is 13.7 Å². The Hall–Kier alpha value is -2.94. The van der Waals surface area contributed by atoms with E-state index in [1.165, 1.54) is 24.4 Å². The Labute approximate surface area is 151 Å². The quantitative estimate of drug-likeness (QED) is 0.431. The maximum absolute atomic E-state index is 11.7. The monoisotopic (exact) mass is 407 g/mol. The van der Waals surface area contributed by atoms with Crippen LogP contribution < -0.4 is 14.9 Å². The minimum atomic E-state index is -0.576. The van der Waals surface area contributed by atoms with Crippen molar-refractivity contribution in [2.24, 2.45) is 5.10 Å². The van der Waals surface area contributed by atoms with Crippen LogP contribution in [0.4, 0.5) is 5.69 Å². The number of hydrogen-bond donors (Lipinski definition) is 1. The molecular weight excluding hydrogens is 394 g/mol. The highest BCUT2D eigenvalue weighted by atomic mass is 79.9. The predicted octanol–water partition coefficient (Wildman–Crippen LogP) is 2.90. The first kappa shape index (κ1) is 18.4. The van der Waals surface area contributed by atoms with Gasteiger partial charge < -0.3 is 9.47 Å². The summed E-state index contributed by atoms with van der Waals surface area (Å²) in [5.41, 5.74) is 2.82. The number of halogens is 1. The lowest BCUT2D eigenvalue weighted by Crippen LogP contribution is -2.24. The summed E-state index contributed by atoms with van der Waals surface area (Å²) in [5.74, 6) is 0.159. The maximum Gasteiger partial charge on any atom is 0.310 e. The molecular formula is C16H14BrN3O5. The third-order valence-electron chi connectivity index (χ3n) is 3.00. The molecule has 0 atom stereocenters. The fourth-order valence-corrected chi connectivity index (χ4v) is 2.41. The number of methoxy groups -OCH3 is 1. The van der Waals surface area contributed by atoms with Gasteiger partial charge in [-0.05, 0) is 45.8 Å². The zero-order valence-electron chi connectivity index (χ0n) is 13.1. The Morgan fingerprint density at radius 1 is 1.32 bits per heavy atom. The molecule has 0 saturated carbocycles. The molecule has 1 N–H and O–H groups in total. The molecule has 130 valence electrons. The Bertz CT molecular complexity index is 810. The van der Waals surface area contributed by atoms with Gasteiger partial charge in [-0.15, -0.1) is 0 Å². The molecule has 8 nitrogen and oxygen atoms in total. The molecule has 0 aliphatic carbocycles. The normalized spacial score (nSPS) is 10.5. The molecule has 0 unspecified atom stereocenters. The second-order valence-electron chi connectivity index (χ2n) is 4.70. The number of nitrogens with one attached hydrogen (secondary N) is 1. The van der Waals surface area contributed by atoms with Crippen molar-refractivity contribution in [3.63, 3.8) is 0 Å². The minimum Gasteiger partial charge on any atom is -0.496 e. The van der Waals surface area contributed by atoms with E-state index in [2.05, 4.69) is 26.5 Å². The van der Waals surface area contributed by atoms with E-state index in [-0.39, 0.29) is 11.4 Å². The van der Waals surface area contributed by atoms with E-state index in [9.17, 15) is 14.9 Å². The van der Waals surface area contributed by atoms with Crippen molar-refractivity contribution in [2.45, 2.75) is 0 Å². The molecule has 0 aliphatic rings. The van der Waals surface area contributed by atoms with Crippen LogP contribution in [0.3, 0.4) is 0 Å². The van der Waals surface area contributed by atoms with Crippen LogP contribution in [0.25, 0.3) is 0 Å². The summed E-state index contributed by atoms with van der Waals surface area (Å²) in [5, 5.41) is 14.7. The first-order valence-electron chi connectivity index (χ1n) is 7.03. The van der Waals surface area contributed by atoms with Gasteiger partial charge in [0.05, 0.1) is 22.7 Å². The van der Waals surface area contributed by atoms with E-state index in [0.29, 0.717) is 5.75 Å². The smallest absolute Gasteiger partial charge is 0.310 e. The topological polar surface area (TPSA) is 103 Å². The number of carbonyl (C=O) groups excluding carboxylic acids is 1. The van der Waals surface area contributed by atoms with Crippen molar-refractivity contribution < 1.29 is 19.2 Å². The van der Waals surface area contributed by atoms with E-state index < -0.39 is 17.4 Å².